The molecule has 4 rings (SSSR count). The third-order valence-corrected chi connectivity index (χ3v) is 7.08. The van der Waals surface area contributed by atoms with Gasteiger partial charge in [0.25, 0.3) is 17.7 Å². The zero-order valence-corrected chi connectivity index (χ0v) is 23.4. The number of nitrogen functional groups attached to an aromatic ring is 1. The number of methoxy groups -OCH3 is 1. The maximum atomic E-state index is 11.9. The highest BCUT2D eigenvalue weighted by atomic mass is 32.1. The van der Waals surface area contributed by atoms with Gasteiger partial charge in [-0.2, -0.15) is 0 Å². The summed E-state index contributed by atoms with van der Waals surface area (Å²) in [5, 5.41) is 5.43. The largest absolute Gasteiger partial charge is 0.465 e. The van der Waals surface area contributed by atoms with Gasteiger partial charge >= 0.3 is 5.97 Å². The van der Waals surface area contributed by atoms with E-state index in [1.165, 1.54) is 7.11 Å². The second-order valence-electron chi connectivity index (χ2n) is 7.96. The molecule has 0 unspecified atom stereocenters. The maximum absolute atomic E-state index is 11.9. The molecule has 0 fully saturated rings. The van der Waals surface area contributed by atoms with E-state index in [1.807, 2.05) is 19.3 Å². The summed E-state index contributed by atoms with van der Waals surface area (Å²) in [6.45, 7) is 4.25. The molecule has 3 amide bonds. The van der Waals surface area contributed by atoms with Crippen LogP contribution in [0.2, 0.25) is 0 Å². The quantitative estimate of drug-likeness (QED) is 0.103. The van der Waals surface area contributed by atoms with Crippen molar-refractivity contribution in [2.75, 3.05) is 7.11 Å². The van der Waals surface area contributed by atoms with Crippen molar-refractivity contribution < 1.29 is 23.9 Å². The van der Waals surface area contributed by atoms with Gasteiger partial charge in [0.1, 0.15) is 4.88 Å². The number of rotatable bonds is 8. The third kappa shape index (κ3) is 8.72. The summed E-state index contributed by atoms with van der Waals surface area (Å²) >= 11 is 2.16. The highest BCUT2D eigenvalue weighted by Crippen LogP contribution is 2.17. The second-order valence-corrected chi connectivity index (χ2v) is 10.1. The lowest BCUT2D eigenvalue weighted by molar-refractivity contribution is 0.0606. The fourth-order valence-corrected chi connectivity index (χ4v) is 4.53. The number of hydrogen-bond donors (Lipinski definition) is 4. The Morgan fingerprint density at radius 3 is 1.52 bits per heavy atom. The zero-order valence-electron chi connectivity index (χ0n) is 21.8. The van der Waals surface area contributed by atoms with Crippen LogP contribution < -0.4 is 21.9 Å². The number of esters is 1. The van der Waals surface area contributed by atoms with Crippen molar-refractivity contribution in [3.8, 4) is 0 Å². The Labute approximate surface area is 237 Å². The molecule has 5 N–H and O–H groups in total. The molecule has 0 bridgehead atoms. The van der Waals surface area contributed by atoms with Gasteiger partial charge in [0.2, 0.25) is 0 Å². The molecular formula is C25H26N8O5S2. The van der Waals surface area contributed by atoms with Gasteiger partial charge in [-0.15, -0.1) is 22.7 Å². The van der Waals surface area contributed by atoms with Crippen LogP contribution in [0.1, 0.15) is 61.5 Å². The van der Waals surface area contributed by atoms with E-state index in [9.17, 15) is 19.2 Å². The number of hydrogen-bond acceptors (Lipinski definition) is 12. The fraction of sp³-hybridized carbons (Fsp3) is 0.200. The third-order valence-electron chi connectivity index (χ3n) is 4.93. The van der Waals surface area contributed by atoms with Crippen molar-refractivity contribution in [1.82, 2.24) is 36.0 Å². The standard InChI is InChI=1S/C13H13N3O3S.C12H13N5O2S/c1-8-5-15-9(6-14-8)7-16-12(17)10-3-4-11(20-10)13(18)19-2;1-7-4-15-8(5-14-7)6-16-11(18)9-2-3-10(20-9)12(19)17-13/h3-6H,7H2,1-2H3,(H,16,17);2-5H,6,13H2,1H3,(H,16,18)(H,17,19). The summed E-state index contributed by atoms with van der Waals surface area (Å²) in [5.74, 6) is 3.64. The molecule has 4 aromatic rings. The molecule has 40 heavy (non-hydrogen) atoms. The SMILES string of the molecule is COC(=O)c1ccc(C(=O)NCc2cnc(C)cn2)s1.Cc1cnc(CNC(=O)c2ccc(C(=O)NN)s2)cn1. The van der Waals surface area contributed by atoms with Crippen LogP contribution in [0, 0.1) is 13.8 Å². The molecule has 0 spiro atoms. The highest BCUT2D eigenvalue weighted by Gasteiger charge is 2.14. The van der Waals surface area contributed by atoms with Crippen molar-refractivity contribution in [2.45, 2.75) is 26.9 Å². The number of aromatic nitrogens is 4. The molecule has 0 atom stereocenters. The number of carbonyl (C=O) groups excluding carboxylic acids is 4. The number of carbonyl (C=O) groups is 4. The number of thiophene rings is 2. The number of ether oxygens (including phenoxy) is 1. The fourth-order valence-electron chi connectivity index (χ4n) is 2.86. The van der Waals surface area contributed by atoms with E-state index in [1.54, 1.807) is 49.1 Å². The number of aryl methyl sites for hydroxylation is 2. The molecule has 0 saturated heterocycles. The van der Waals surface area contributed by atoms with Crippen LogP contribution >= 0.6 is 22.7 Å². The summed E-state index contributed by atoms with van der Waals surface area (Å²) < 4.78 is 4.59. The summed E-state index contributed by atoms with van der Waals surface area (Å²) in [7, 11) is 1.30. The highest BCUT2D eigenvalue weighted by molar-refractivity contribution is 7.16. The lowest BCUT2D eigenvalue weighted by atomic mass is 10.3. The first-order valence-corrected chi connectivity index (χ1v) is 13.2. The molecule has 208 valence electrons. The Hall–Kier alpha value is -4.60. The minimum absolute atomic E-state index is 0.257. The molecule has 13 nitrogen and oxygen atoms in total. The van der Waals surface area contributed by atoms with Gasteiger partial charge in [-0.05, 0) is 38.1 Å². The summed E-state index contributed by atoms with van der Waals surface area (Å²) in [4.78, 5) is 64.5. The van der Waals surface area contributed by atoms with E-state index in [0.29, 0.717) is 30.9 Å². The van der Waals surface area contributed by atoms with E-state index in [0.717, 1.165) is 34.1 Å². The Morgan fingerprint density at radius 1 is 0.700 bits per heavy atom. The molecule has 0 aliphatic carbocycles. The molecule has 0 aromatic carbocycles. The smallest absolute Gasteiger partial charge is 0.348 e. The second kappa shape index (κ2) is 14.5. The lowest BCUT2D eigenvalue weighted by Gasteiger charge is -2.02. The summed E-state index contributed by atoms with van der Waals surface area (Å²) in [5.41, 5.74) is 5.00. The summed E-state index contributed by atoms with van der Waals surface area (Å²) in [6.07, 6.45) is 6.50. The van der Waals surface area contributed by atoms with Gasteiger partial charge in [-0.1, -0.05) is 0 Å². The number of nitrogens with one attached hydrogen (secondary N) is 3. The van der Waals surface area contributed by atoms with Gasteiger partial charge in [-0.3, -0.25) is 39.7 Å². The molecule has 4 heterocycles. The molecular weight excluding hydrogens is 556 g/mol. The first kappa shape index (κ1) is 29.9. The van der Waals surface area contributed by atoms with Crippen LogP contribution in [0.3, 0.4) is 0 Å². The molecule has 0 aliphatic heterocycles. The Balaban J connectivity index is 0.000000220. The molecule has 15 heteroatoms. The average molecular weight is 583 g/mol. The molecule has 0 saturated carbocycles. The first-order valence-electron chi connectivity index (χ1n) is 11.6. The van der Waals surface area contributed by atoms with E-state index in [-0.39, 0.29) is 24.9 Å². The minimum atomic E-state index is -0.446. The van der Waals surface area contributed by atoms with Gasteiger partial charge in [-0.25, -0.2) is 10.6 Å². The lowest BCUT2D eigenvalue weighted by Crippen LogP contribution is -2.29. The Morgan fingerprint density at radius 2 is 1.12 bits per heavy atom. The van der Waals surface area contributed by atoms with Crippen LogP contribution in [-0.4, -0.2) is 50.7 Å². The predicted molar refractivity (Wildman–Crippen MR) is 148 cm³/mol. The van der Waals surface area contributed by atoms with Crippen molar-refractivity contribution in [1.29, 1.82) is 0 Å². The maximum Gasteiger partial charge on any atom is 0.348 e. The van der Waals surface area contributed by atoms with E-state index >= 15 is 0 Å². The van der Waals surface area contributed by atoms with E-state index in [4.69, 9.17) is 5.84 Å². The van der Waals surface area contributed by atoms with E-state index in [2.05, 4.69) is 35.3 Å². The van der Waals surface area contributed by atoms with Crippen LogP contribution in [0.4, 0.5) is 0 Å². The Bertz CT molecular complexity index is 1360. The van der Waals surface area contributed by atoms with Crippen LogP contribution in [0.25, 0.3) is 0 Å². The first-order chi connectivity index (χ1) is 19.2. The number of nitrogens with zero attached hydrogens (tertiary/aromatic N) is 4. The normalized spacial score (nSPS) is 10.1. The van der Waals surface area contributed by atoms with Crippen molar-refractivity contribution in [3.63, 3.8) is 0 Å². The van der Waals surface area contributed by atoms with Crippen LogP contribution in [0.5, 0.6) is 0 Å². The van der Waals surface area contributed by atoms with Crippen molar-refractivity contribution in [3.05, 3.63) is 91.3 Å². The predicted octanol–water partition coefficient (Wildman–Crippen LogP) is 1.94. The molecule has 0 radical (unpaired) electrons. The number of amides is 3. The number of nitrogens with two attached hydrogens (primary N) is 1. The topological polar surface area (TPSA) is 191 Å². The van der Waals surface area contributed by atoms with Gasteiger partial charge in [0.15, 0.2) is 0 Å². The monoisotopic (exact) mass is 582 g/mol. The van der Waals surface area contributed by atoms with Crippen LogP contribution in [0.15, 0.2) is 49.1 Å². The summed E-state index contributed by atoms with van der Waals surface area (Å²) in [6, 6.07) is 6.28. The van der Waals surface area contributed by atoms with Crippen molar-refractivity contribution in [2.24, 2.45) is 5.84 Å². The number of hydrazine groups is 1. The van der Waals surface area contributed by atoms with Crippen LogP contribution in [-0.2, 0) is 17.8 Å². The van der Waals surface area contributed by atoms with Gasteiger partial charge in [0.05, 0.1) is 70.0 Å². The van der Waals surface area contributed by atoms with E-state index < -0.39 is 11.9 Å². The average Bonchev–Trinajstić information content (AvgIpc) is 3.67. The molecule has 4 aromatic heterocycles. The molecule has 0 aliphatic rings. The Kier molecular flexibility index (Phi) is 10.9. The zero-order chi connectivity index (χ0) is 29.1. The minimum Gasteiger partial charge on any atom is -0.465 e. The van der Waals surface area contributed by atoms with Gasteiger partial charge < -0.3 is 15.4 Å². The van der Waals surface area contributed by atoms with Gasteiger partial charge in [0, 0.05) is 12.4 Å². The van der Waals surface area contributed by atoms with Crippen molar-refractivity contribution >= 4 is 46.4 Å².